The van der Waals surface area contributed by atoms with Gasteiger partial charge in [0.25, 0.3) is 0 Å². The van der Waals surface area contributed by atoms with Crippen LogP contribution in [-0.2, 0) is 12.2 Å². The second-order valence-electron chi connectivity index (χ2n) is 7.86. The molecule has 6 nitrogen and oxygen atoms in total. The highest BCUT2D eigenvalue weighted by atomic mass is 32.2. The third-order valence-corrected chi connectivity index (χ3v) is 6.67. The molecule has 4 rings (SSSR count). The first kappa shape index (κ1) is 24.7. The molecule has 0 saturated heterocycles. The minimum Gasteiger partial charge on any atom is -0.496 e. The lowest BCUT2D eigenvalue weighted by molar-refractivity contribution is -0.0381. The average molecular weight is 493 g/mol. The Bertz CT molecular complexity index is 1260. The minimum atomic E-state index is -1.38. The van der Waals surface area contributed by atoms with Gasteiger partial charge in [0.05, 0.1) is 21.3 Å². The maximum absolute atomic E-state index is 9.27. The van der Waals surface area contributed by atoms with Crippen LogP contribution in [0.15, 0.2) is 82.1 Å². The summed E-state index contributed by atoms with van der Waals surface area (Å²) < 4.78 is 22.7. The van der Waals surface area contributed by atoms with Crippen LogP contribution in [0.5, 0.6) is 17.2 Å². The molecule has 4 aromatic rings. The highest BCUT2D eigenvalue weighted by Gasteiger charge is 2.17. The second kappa shape index (κ2) is 11.4. The summed E-state index contributed by atoms with van der Waals surface area (Å²) >= 11 is 1.67. The van der Waals surface area contributed by atoms with E-state index in [1.807, 2.05) is 72.8 Å². The molecular weight excluding hydrogens is 464 g/mol. The molecule has 182 valence electrons. The highest BCUT2D eigenvalue weighted by molar-refractivity contribution is 7.98. The molecule has 1 aromatic heterocycles. The van der Waals surface area contributed by atoms with E-state index in [0.717, 1.165) is 38.7 Å². The van der Waals surface area contributed by atoms with Crippen molar-refractivity contribution in [2.45, 2.75) is 23.4 Å². The van der Waals surface area contributed by atoms with E-state index in [9.17, 15) is 10.2 Å². The van der Waals surface area contributed by atoms with Crippen LogP contribution in [0.25, 0.3) is 22.6 Å². The average Bonchev–Trinajstić information content (AvgIpc) is 3.31. The number of ether oxygens (including phenoxy) is 3. The van der Waals surface area contributed by atoms with Gasteiger partial charge in [0.15, 0.2) is 17.8 Å². The Morgan fingerprint density at radius 2 is 1.46 bits per heavy atom. The van der Waals surface area contributed by atoms with Gasteiger partial charge in [-0.15, -0.1) is 11.8 Å². The van der Waals surface area contributed by atoms with Crippen molar-refractivity contribution in [3.63, 3.8) is 0 Å². The maximum atomic E-state index is 9.27. The Morgan fingerprint density at radius 3 is 2.14 bits per heavy atom. The Kier molecular flexibility index (Phi) is 8.02. The standard InChI is InChI=1S/C28H28O6S/c1-31-22-13-12-20(15-25(22)33-3)24-16-21(17-35-26-7-5-4-6-23(26)32-2)28(34-24)19-10-8-18(9-11-19)14-27(29)30/h4-13,15-16,27,29-30H,14,17H2,1-3H3. The molecule has 35 heavy (non-hydrogen) atoms. The monoisotopic (exact) mass is 492 g/mol. The van der Waals surface area contributed by atoms with Crippen LogP contribution in [-0.4, -0.2) is 37.8 Å². The van der Waals surface area contributed by atoms with E-state index < -0.39 is 6.29 Å². The molecule has 0 spiro atoms. The smallest absolute Gasteiger partial charge is 0.161 e. The Balaban J connectivity index is 1.71. The predicted octanol–water partition coefficient (Wildman–Crippen LogP) is 5.78. The lowest BCUT2D eigenvalue weighted by atomic mass is 10.1. The van der Waals surface area contributed by atoms with Gasteiger partial charge in [-0.3, -0.25) is 0 Å². The molecule has 0 aliphatic heterocycles. The number of rotatable bonds is 10. The third-order valence-electron chi connectivity index (χ3n) is 5.56. The van der Waals surface area contributed by atoms with Crippen molar-refractivity contribution < 1.29 is 28.8 Å². The van der Waals surface area contributed by atoms with Crippen molar-refractivity contribution in [1.82, 2.24) is 0 Å². The number of hydrogen-bond donors (Lipinski definition) is 2. The molecule has 0 bridgehead atoms. The Labute approximate surface area is 209 Å². The number of aliphatic hydroxyl groups excluding tert-OH is 1. The number of aliphatic hydroxyl groups is 2. The summed E-state index contributed by atoms with van der Waals surface area (Å²) in [6.07, 6.45) is -1.21. The molecule has 3 aromatic carbocycles. The minimum absolute atomic E-state index is 0.172. The van der Waals surface area contributed by atoms with E-state index in [1.165, 1.54) is 0 Å². The van der Waals surface area contributed by atoms with Crippen LogP contribution >= 0.6 is 11.8 Å². The maximum Gasteiger partial charge on any atom is 0.161 e. The molecule has 1 heterocycles. The van der Waals surface area contributed by atoms with E-state index >= 15 is 0 Å². The zero-order valence-electron chi connectivity index (χ0n) is 19.9. The molecular formula is C28H28O6S. The molecule has 0 saturated carbocycles. The van der Waals surface area contributed by atoms with Gasteiger partial charge in [0.1, 0.15) is 17.3 Å². The quantitative estimate of drug-likeness (QED) is 0.214. The summed E-state index contributed by atoms with van der Waals surface area (Å²) in [5, 5.41) is 18.5. The largest absolute Gasteiger partial charge is 0.496 e. The Morgan fingerprint density at radius 1 is 0.771 bits per heavy atom. The Hall–Kier alpha value is -3.39. The number of thioether (sulfide) groups is 1. The van der Waals surface area contributed by atoms with Crippen LogP contribution in [0, 0.1) is 0 Å². The molecule has 0 unspecified atom stereocenters. The highest BCUT2D eigenvalue weighted by Crippen LogP contribution is 2.40. The van der Waals surface area contributed by atoms with Crippen LogP contribution in [0.4, 0.5) is 0 Å². The van der Waals surface area contributed by atoms with Crippen LogP contribution in [0.2, 0.25) is 0 Å². The third kappa shape index (κ3) is 5.82. The van der Waals surface area contributed by atoms with Crippen LogP contribution in [0.3, 0.4) is 0 Å². The fourth-order valence-electron chi connectivity index (χ4n) is 3.81. The molecule has 0 aliphatic rings. The van der Waals surface area contributed by atoms with E-state index in [2.05, 4.69) is 0 Å². The zero-order valence-corrected chi connectivity index (χ0v) is 20.7. The first-order valence-electron chi connectivity index (χ1n) is 11.1. The summed E-state index contributed by atoms with van der Waals surface area (Å²) in [6.45, 7) is 0. The number of methoxy groups -OCH3 is 3. The number of furan rings is 1. The van der Waals surface area contributed by atoms with Crippen molar-refractivity contribution >= 4 is 11.8 Å². The van der Waals surface area contributed by atoms with Crippen LogP contribution < -0.4 is 14.2 Å². The topological polar surface area (TPSA) is 81.3 Å². The summed E-state index contributed by atoms with van der Waals surface area (Å²) in [4.78, 5) is 1.04. The summed E-state index contributed by atoms with van der Waals surface area (Å²) in [7, 11) is 4.88. The van der Waals surface area contributed by atoms with Crippen molar-refractivity contribution in [3.8, 4) is 39.9 Å². The molecule has 0 radical (unpaired) electrons. The van der Waals surface area contributed by atoms with Gasteiger partial charge in [0, 0.05) is 33.8 Å². The lowest BCUT2D eigenvalue weighted by Crippen LogP contribution is -2.07. The van der Waals surface area contributed by atoms with E-state index in [1.54, 1.807) is 33.1 Å². The molecule has 0 aliphatic carbocycles. The predicted molar refractivity (Wildman–Crippen MR) is 137 cm³/mol. The van der Waals surface area contributed by atoms with E-state index in [-0.39, 0.29) is 6.42 Å². The summed E-state index contributed by atoms with van der Waals surface area (Å²) in [5.74, 6) is 4.25. The molecule has 0 fully saturated rings. The molecule has 0 amide bonds. The molecule has 2 N–H and O–H groups in total. The summed E-state index contributed by atoms with van der Waals surface area (Å²) in [5.41, 5.74) is 3.64. The fraction of sp³-hybridized carbons (Fsp3) is 0.214. The lowest BCUT2D eigenvalue weighted by Gasteiger charge is -2.08. The first-order valence-corrected chi connectivity index (χ1v) is 12.1. The molecule has 0 atom stereocenters. The number of benzene rings is 3. The normalized spacial score (nSPS) is 11.0. The van der Waals surface area contributed by atoms with Gasteiger partial charge in [-0.2, -0.15) is 0 Å². The number of hydrogen-bond acceptors (Lipinski definition) is 7. The van der Waals surface area contributed by atoms with Crippen molar-refractivity contribution in [2.24, 2.45) is 0 Å². The second-order valence-corrected chi connectivity index (χ2v) is 8.87. The van der Waals surface area contributed by atoms with Gasteiger partial charge in [0.2, 0.25) is 0 Å². The van der Waals surface area contributed by atoms with Gasteiger partial charge in [-0.25, -0.2) is 0 Å². The van der Waals surface area contributed by atoms with E-state index in [0.29, 0.717) is 23.0 Å². The summed E-state index contributed by atoms with van der Waals surface area (Å²) in [6, 6.07) is 23.3. The van der Waals surface area contributed by atoms with Crippen molar-refractivity contribution in [3.05, 3.63) is 83.9 Å². The van der Waals surface area contributed by atoms with Gasteiger partial charge in [-0.05, 0) is 42.0 Å². The fourth-order valence-corrected chi connectivity index (χ4v) is 4.80. The first-order chi connectivity index (χ1) is 17.0. The van der Waals surface area contributed by atoms with Gasteiger partial charge < -0.3 is 28.8 Å². The SMILES string of the molecule is COc1ccc(-c2cc(CSc3ccccc3OC)c(-c3ccc(CC(O)O)cc3)o2)cc1OC. The van der Waals surface area contributed by atoms with Gasteiger partial charge >= 0.3 is 0 Å². The van der Waals surface area contributed by atoms with E-state index in [4.69, 9.17) is 18.6 Å². The van der Waals surface area contributed by atoms with Gasteiger partial charge in [-0.1, -0.05) is 36.4 Å². The zero-order chi connectivity index (χ0) is 24.8. The van der Waals surface area contributed by atoms with Crippen molar-refractivity contribution in [1.29, 1.82) is 0 Å². The van der Waals surface area contributed by atoms with Crippen molar-refractivity contribution in [2.75, 3.05) is 21.3 Å². The van der Waals surface area contributed by atoms with Crippen LogP contribution in [0.1, 0.15) is 11.1 Å². The number of para-hydroxylation sites is 1. The molecule has 7 heteroatoms.